The number of nitrogens with zero attached hydrogens (tertiary/aromatic N) is 2. The molecule has 1 aliphatic heterocycles. The minimum Gasteiger partial charge on any atom is -0.392 e. The van der Waals surface area contributed by atoms with Gasteiger partial charge in [-0.2, -0.15) is 4.31 Å². The van der Waals surface area contributed by atoms with Gasteiger partial charge in [0.15, 0.2) is 0 Å². The summed E-state index contributed by atoms with van der Waals surface area (Å²) in [6.07, 6.45) is 0. The number of hydrogen-bond acceptors (Lipinski definition) is 4. The molecule has 0 radical (unpaired) electrons. The number of hydrogen-bond donors (Lipinski definition) is 1. The van der Waals surface area contributed by atoms with E-state index in [1.165, 1.54) is 0 Å². The summed E-state index contributed by atoms with van der Waals surface area (Å²) in [5.41, 5.74) is 1.37. The highest BCUT2D eigenvalue weighted by atomic mass is 32.2. The van der Waals surface area contributed by atoms with Gasteiger partial charge in [-0.3, -0.25) is 4.90 Å². The van der Waals surface area contributed by atoms with Gasteiger partial charge in [-0.15, -0.1) is 0 Å². The number of likely N-dealkylation sites (N-methyl/N-ethyl adjacent to an activating group) is 1. The molecule has 1 aromatic rings. The molecule has 1 aliphatic rings. The highest BCUT2D eigenvalue weighted by molar-refractivity contribution is 7.89. The maximum atomic E-state index is 12.8. The van der Waals surface area contributed by atoms with E-state index in [0.29, 0.717) is 25.2 Å². The van der Waals surface area contributed by atoms with Crippen LogP contribution < -0.4 is 0 Å². The maximum absolute atomic E-state index is 12.8. The van der Waals surface area contributed by atoms with E-state index < -0.39 is 10.0 Å². The van der Waals surface area contributed by atoms with Gasteiger partial charge in [0, 0.05) is 25.2 Å². The smallest absolute Gasteiger partial charge is 0.243 e. The van der Waals surface area contributed by atoms with Gasteiger partial charge in [-0.25, -0.2) is 8.42 Å². The highest BCUT2D eigenvalue weighted by Crippen LogP contribution is 2.26. The normalized spacial score (nSPS) is 20.6. The Hall–Kier alpha value is -0.950. The second kappa shape index (κ2) is 5.68. The molecule has 21 heavy (non-hydrogen) atoms. The quantitative estimate of drug-likeness (QED) is 0.911. The molecule has 0 aromatic heterocycles. The Balaban J connectivity index is 2.34. The molecule has 0 bridgehead atoms. The summed E-state index contributed by atoms with van der Waals surface area (Å²) >= 11 is 0. The van der Waals surface area contributed by atoms with Crippen molar-refractivity contribution >= 4 is 10.0 Å². The molecule has 5 nitrogen and oxygen atoms in total. The van der Waals surface area contributed by atoms with E-state index >= 15 is 0 Å². The summed E-state index contributed by atoms with van der Waals surface area (Å²) in [4.78, 5) is 2.44. The first kappa shape index (κ1) is 16.4. The van der Waals surface area contributed by atoms with E-state index in [4.69, 9.17) is 0 Å². The van der Waals surface area contributed by atoms with E-state index in [2.05, 4.69) is 4.90 Å². The van der Waals surface area contributed by atoms with Gasteiger partial charge in [-0.05, 0) is 51.1 Å². The Morgan fingerprint density at radius 1 is 1.29 bits per heavy atom. The first-order chi connectivity index (χ1) is 9.68. The topological polar surface area (TPSA) is 60.9 Å². The summed E-state index contributed by atoms with van der Waals surface area (Å²) in [6, 6.07) is 4.95. The lowest BCUT2D eigenvalue weighted by Gasteiger charge is -2.44. The fourth-order valence-corrected chi connectivity index (χ4v) is 4.17. The van der Waals surface area contributed by atoms with E-state index in [9.17, 15) is 13.5 Å². The van der Waals surface area contributed by atoms with E-state index in [-0.39, 0.29) is 17.0 Å². The molecule has 0 saturated carbocycles. The summed E-state index contributed by atoms with van der Waals surface area (Å²) in [7, 11) is -1.50. The summed E-state index contributed by atoms with van der Waals surface area (Å²) in [5.74, 6) is 0. The molecule has 1 N–H and O–H groups in total. The number of aliphatic hydroxyl groups excluding tert-OH is 1. The summed E-state index contributed by atoms with van der Waals surface area (Å²) < 4.78 is 27.1. The third kappa shape index (κ3) is 3.13. The van der Waals surface area contributed by atoms with Gasteiger partial charge in [0.2, 0.25) is 10.0 Å². The molecule has 1 saturated heterocycles. The Morgan fingerprint density at radius 2 is 1.95 bits per heavy atom. The third-order valence-electron chi connectivity index (χ3n) is 4.41. The molecule has 0 unspecified atom stereocenters. The van der Waals surface area contributed by atoms with Gasteiger partial charge in [0.05, 0.1) is 11.5 Å². The minimum absolute atomic E-state index is 0.149. The van der Waals surface area contributed by atoms with Crippen LogP contribution >= 0.6 is 0 Å². The molecule has 0 atom stereocenters. The molecule has 0 spiro atoms. The summed E-state index contributed by atoms with van der Waals surface area (Å²) in [6.45, 7) is 7.47. The van der Waals surface area contributed by atoms with Crippen molar-refractivity contribution in [2.24, 2.45) is 0 Å². The standard InChI is InChI=1S/C15H24N2O3S/c1-12-5-6-14(9-13(12)10-18)21(19,20)17-8-7-16(4)15(2,3)11-17/h5-6,9,18H,7-8,10-11H2,1-4H3. The Labute approximate surface area is 127 Å². The fraction of sp³-hybridized carbons (Fsp3) is 0.600. The first-order valence-corrected chi connectivity index (χ1v) is 8.54. The molecule has 0 amide bonds. The van der Waals surface area contributed by atoms with Crippen LogP contribution in [0.1, 0.15) is 25.0 Å². The van der Waals surface area contributed by atoms with Crippen molar-refractivity contribution in [1.82, 2.24) is 9.21 Å². The number of sulfonamides is 1. The third-order valence-corrected chi connectivity index (χ3v) is 6.25. The van der Waals surface area contributed by atoms with Gasteiger partial charge < -0.3 is 5.11 Å². The van der Waals surface area contributed by atoms with E-state index in [1.54, 1.807) is 22.5 Å². The van der Waals surface area contributed by atoms with E-state index in [0.717, 1.165) is 5.56 Å². The van der Waals surface area contributed by atoms with E-state index in [1.807, 2.05) is 27.8 Å². The monoisotopic (exact) mass is 312 g/mol. The lowest BCUT2D eigenvalue weighted by Crippen LogP contribution is -2.58. The summed E-state index contributed by atoms with van der Waals surface area (Å²) in [5, 5.41) is 9.32. The zero-order valence-corrected chi connectivity index (χ0v) is 13.9. The molecular formula is C15H24N2O3S. The Bertz CT molecular complexity index is 626. The molecule has 2 rings (SSSR count). The largest absolute Gasteiger partial charge is 0.392 e. The average molecular weight is 312 g/mol. The molecule has 6 heteroatoms. The van der Waals surface area contributed by atoms with Crippen LogP contribution in [0.3, 0.4) is 0 Å². The van der Waals surface area contributed by atoms with Gasteiger partial charge in [-0.1, -0.05) is 6.07 Å². The zero-order valence-electron chi connectivity index (χ0n) is 13.1. The van der Waals surface area contributed by atoms with Crippen LogP contribution in [-0.4, -0.2) is 55.0 Å². The zero-order chi connectivity index (χ0) is 15.8. The lowest BCUT2D eigenvalue weighted by atomic mass is 10.0. The van der Waals surface area contributed by atoms with Crippen molar-refractivity contribution in [2.75, 3.05) is 26.7 Å². The van der Waals surface area contributed by atoms with Crippen molar-refractivity contribution in [3.63, 3.8) is 0 Å². The number of aliphatic hydroxyl groups is 1. The maximum Gasteiger partial charge on any atom is 0.243 e. The van der Waals surface area contributed by atoms with Crippen molar-refractivity contribution in [3.8, 4) is 0 Å². The van der Waals surface area contributed by atoms with Crippen LogP contribution in [0.25, 0.3) is 0 Å². The molecule has 0 aliphatic carbocycles. The predicted octanol–water partition coefficient (Wildman–Crippen LogP) is 1.20. The first-order valence-electron chi connectivity index (χ1n) is 7.10. The lowest BCUT2D eigenvalue weighted by molar-refractivity contribution is 0.0801. The molecule has 118 valence electrons. The van der Waals surface area contributed by atoms with Crippen molar-refractivity contribution < 1.29 is 13.5 Å². The van der Waals surface area contributed by atoms with Crippen LogP contribution in [0.2, 0.25) is 0 Å². The number of benzene rings is 1. The highest BCUT2D eigenvalue weighted by Gasteiger charge is 2.37. The van der Waals surface area contributed by atoms with Crippen LogP contribution in [0, 0.1) is 6.92 Å². The SMILES string of the molecule is Cc1ccc(S(=O)(=O)N2CCN(C)C(C)(C)C2)cc1CO. The van der Waals surface area contributed by atoms with Crippen LogP contribution in [0.4, 0.5) is 0 Å². The van der Waals surface area contributed by atoms with Crippen LogP contribution in [0.5, 0.6) is 0 Å². The van der Waals surface area contributed by atoms with Gasteiger partial charge in [0.1, 0.15) is 0 Å². The van der Waals surface area contributed by atoms with Crippen molar-refractivity contribution in [2.45, 2.75) is 37.8 Å². The van der Waals surface area contributed by atoms with Gasteiger partial charge in [0.25, 0.3) is 0 Å². The second-order valence-electron chi connectivity index (χ2n) is 6.32. The van der Waals surface area contributed by atoms with Crippen LogP contribution in [0.15, 0.2) is 23.1 Å². The number of rotatable bonds is 3. The second-order valence-corrected chi connectivity index (χ2v) is 8.26. The molecule has 1 aromatic carbocycles. The predicted molar refractivity (Wildman–Crippen MR) is 82.6 cm³/mol. The number of piperazine rings is 1. The number of aryl methyl sites for hydroxylation is 1. The minimum atomic E-state index is -3.51. The molecular weight excluding hydrogens is 288 g/mol. The molecule has 1 heterocycles. The Morgan fingerprint density at radius 3 is 2.52 bits per heavy atom. The van der Waals surface area contributed by atoms with Crippen LogP contribution in [-0.2, 0) is 16.6 Å². The average Bonchev–Trinajstić information content (AvgIpc) is 2.42. The molecule has 1 fully saturated rings. The van der Waals surface area contributed by atoms with Crippen molar-refractivity contribution in [3.05, 3.63) is 29.3 Å². The van der Waals surface area contributed by atoms with Crippen molar-refractivity contribution in [1.29, 1.82) is 0 Å². The Kier molecular flexibility index (Phi) is 4.44. The fourth-order valence-electron chi connectivity index (χ4n) is 2.53. The van der Waals surface area contributed by atoms with Gasteiger partial charge >= 0.3 is 0 Å².